The summed E-state index contributed by atoms with van der Waals surface area (Å²) in [5.74, 6) is 1.33. The number of nitrogens with zero attached hydrogens (tertiary/aromatic N) is 5. The number of hydrogen-bond acceptors (Lipinski definition) is 5. The van der Waals surface area contributed by atoms with E-state index in [0.717, 1.165) is 22.5 Å². The molecule has 3 aromatic rings. The van der Waals surface area contributed by atoms with E-state index in [1.807, 2.05) is 43.2 Å². The second-order valence-corrected chi connectivity index (χ2v) is 5.59. The Morgan fingerprint density at radius 3 is 2.71 bits per heavy atom. The fourth-order valence-electron chi connectivity index (χ4n) is 2.65. The molecule has 1 atom stereocenters. The maximum Gasteiger partial charge on any atom is 0.224 e. The maximum atomic E-state index is 5.50. The van der Waals surface area contributed by atoms with Crippen molar-refractivity contribution in [2.24, 2.45) is 7.05 Å². The fourth-order valence-corrected chi connectivity index (χ4v) is 2.65. The minimum Gasteiger partial charge on any atom is -0.480 e. The molecule has 126 valence electrons. The molecule has 0 bridgehead atoms. The van der Waals surface area contributed by atoms with Crippen molar-refractivity contribution in [2.45, 2.75) is 19.6 Å². The van der Waals surface area contributed by atoms with Crippen LogP contribution in [0.25, 0.3) is 22.5 Å². The minimum atomic E-state index is 0.0717. The van der Waals surface area contributed by atoms with E-state index in [1.165, 1.54) is 0 Å². The molecule has 3 heterocycles. The molecule has 0 aliphatic carbocycles. The molecule has 7 heteroatoms. The predicted octanol–water partition coefficient (Wildman–Crippen LogP) is 2.39. The standard InChI is InChI=1S/C17H21N5O2/c1-12(23-3)10-22-8-7-18-16(22)15-14(5-6-19-17(15)24-4)13-9-20-21(2)11-13/h5-9,11-12H,10H2,1-4H3. The monoisotopic (exact) mass is 327 g/mol. The number of methoxy groups -OCH3 is 2. The Kier molecular flexibility index (Phi) is 4.61. The van der Waals surface area contributed by atoms with Crippen molar-refractivity contribution in [2.75, 3.05) is 14.2 Å². The molecule has 1 unspecified atom stereocenters. The van der Waals surface area contributed by atoms with Crippen LogP contribution >= 0.6 is 0 Å². The molecule has 0 aliphatic heterocycles. The SMILES string of the molecule is COc1nccc(-c2cnn(C)c2)c1-c1nccn1CC(C)OC. The zero-order valence-corrected chi connectivity index (χ0v) is 14.3. The lowest BCUT2D eigenvalue weighted by molar-refractivity contribution is 0.103. The highest BCUT2D eigenvalue weighted by atomic mass is 16.5. The third-order valence-corrected chi connectivity index (χ3v) is 3.92. The summed E-state index contributed by atoms with van der Waals surface area (Å²) in [6.07, 6.45) is 9.30. The summed E-state index contributed by atoms with van der Waals surface area (Å²) in [5.41, 5.74) is 2.82. The van der Waals surface area contributed by atoms with Gasteiger partial charge < -0.3 is 14.0 Å². The van der Waals surface area contributed by atoms with Crippen molar-refractivity contribution in [3.8, 4) is 28.4 Å². The van der Waals surface area contributed by atoms with Crippen molar-refractivity contribution in [3.05, 3.63) is 37.1 Å². The summed E-state index contributed by atoms with van der Waals surface area (Å²) < 4.78 is 14.7. The minimum absolute atomic E-state index is 0.0717. The van der Waals surface area contributed by atoms with Crippen molar-refractivity contribution < 1.29 is 9.47 Å². The summed E-state index contributed by atoms with van der Waals surface area (Å²) in [6, 6.07) is 1.95. The Hall–Kier alpha value is -2.67. The van der Waals surface area contributed by atoms with Crippen LogP contribution in [0.15, 0.2) is 37.1 Å². The van der Waals surface area contributed by atoms with E-state index in [1.54, 1.807) is 31.3 Å². The number of ether oxygens (including phenoxy) is 2. The highest BCUT2D eigenvalue weighted by molar-refractivity contribution is 5.83. The number of aryl methyl sites for hydroxylation is 1. The largest absolute Gasteiger partial charge is 0.480 e. The molecule has 0 radical (unpaired) electrons. The van der Waals surface area contributed by atoms with Gasteiger partial charge in [0.1, 0.15) is 5.82 Å². The fraction of sp³-hybridized carbons (Fsp3) is 0.353. The van der Waals surface area contributed by atoms with E-state index in [0.29, 0.717) is 12.4 Å². The third-order valence-electron chi connectivity index (χ3n) is 3.92. The first kappa shape index (κ1) is 16.2. The van der Waals surface area contributed by atoms with Gasteiger partial charge in [0.2, 0.25) is 5.88 Å². The van der Waals surface area contributed by atoms with Crippen LogP contribution in [0.5, 0.6) is 5.88 Å². The van der Waals surface area contributed by atoms with Gasteiger partial charge in [0.05, 0.1) is 31.5 Å². The summed E-state index contributed by atoms with van der Waals surface area (Å²) in [7, 11) is 5.21. The Morgan fingerprint density at radius 1 is 1.21 bits per heavy atom. The number of imidazole rings is 1. The predicted molar refractivity (Wildman–Crippen MR) is 90.7 cm³/mol. The van der Waals surface area contributed by atoms with E-state index in [-0.39, 0.29) is 6.10 Å². The van der Waals surface area contributed by atoms with Gasteiger partial charge in [0, 0.05) is 50.1 Å². The zero-order valence-electron chi connectivity index (χ0n) is 14.3. The molecular weight excluding hydrogens is 306 g/mol. The van der Waals surface area contributed by atoms with Crippen LogP contribution < -0.4 is 4.74 Å². The number of aromatic nitrogens is 5. The lowest BCUT2D eigenvalue weighted by Crippen LogP contribution is -2.15. The summed E-state index contributed by atoms with van der Waals surface area (Å²) >= 11 is 0. The van der Waals surface area contributed by atoms with Gasteiger partial charge in [-0.25, -0.2) is 9.97 Å². The second kappa shape index (κ2) is 6.84. The first-order chi connectivity index (χ1) is 11.6. The zero-order chi connectivity index (χ0) is 17.1. The average Bonchev–Trinajstić information content (AvgIpc) is 3.22. The lowest BCUT2D eigenvalue weighted by atomic mass is 10.0. The second-order valence-electron chi connectivity index (χ2n) is 5.59. The van der Waals surface area contributed by atoms with Gasteiger partial charge in [-0.15, -0.1) is 0 Å². The van der Waals surface area contributed by atoms with Crippen molar-refractivity contribution >= 4 is 0 Å². The molecule has 0 N–H and O–H groups in total. The molecule has 24 heavy (non-hydrogen) atoms. The molecular formula is C17H21N5O2. The Morgan fingerprint density at radius 2 is 2.04 bits per heavy atom. The van der Waals surface area contributed by atoms with Crippen LogP contribution in [0.4, 0.5) is 0 Å². The molecule has 0 saturated heterocycles. The Balaban J connectivity index is 2.15. The highest BCUT2D eigenvalue weighted by Crippen LogP contribution is 2.36. The van der Waals surface area contributed by atoms with Gasteiger partial charge in [-0.05, 0) is 13.0 Å². The van der Waals surface area contributed by atoms with E-state index in [4.69, 9.17) is 9.47 Å². The van der Waals surface area contributed by atoms with Crippen molar-refractivity contribution in [3.63, 3.8) is 0 Å². The summed E-state index contributed by atoms with van der Waals surface area (Å²) in [6.45, 7) is 2.71. The first-order valence-corrected chi connectivity index (χ1v) is 7.70. The van der Waals surface area contributed by atoms with Gasteiger partial charge in [0.25, 0.3) is 0 Å². The number of hydrogen-bond donors (Lipinski definition) is 0. The molecule has 0 aromatic carbocycles. The van der Waals surface area contributed by atoms with E-state index >= 15 is 0 Å². The van der Waals surface area contributed by atoms with Gasteiger partial charge >= 0.3 is 0 Å². The molecule has 0 spiro atoms. The molecule has 7 nitrogen and oxygen atoms in total. The van der Waals surface area contributed by atoms with Gasteiger partial charge in [-0.1, -0.05) is 0 Å². The highest BCUT2D eigenvalue weighted by Gasteiger charge is 2.20. The van der Waals surface area contributed by atoms with E-state index in [9.17, 15) is 0 Å². The van der Waals surface area contributed by atoms with E-state index < -0.39 is 0 Å². The number of rotatable bonds is 6. The molecule has 0 saturated carbocycles. The molecule has 0 fully saturated rings. The molecule has 3 rings (SSSR count). The van der Waals surface area contributed by atoms with Crippen LogP contribution in [0.3, 0.4) is 0 Å². The summed E-state index contributed by atoms with van der Waals surface area (Å²) in [5, 5.41) is 4.26. The summed E-state index contributed by atoms with van der Waals surface area (Å²) in [4.78, 5) is 8.89. The van der Waals surface area contributed by atoms with Crippen molar-refractivity contribution in [1.82, 2.24) is 24.3 Å². The first-order valence-electron chi connectivity index (χ1n) is 7.70. The lowest BCUT2D eigenvalue weighted by Gasteiger charge is -2.16. The third kappa shape index (κ3) is 3.03. The van der Waals surface area contributed by atoms with Gasteiger partial charge in [0.15, 0.2) is 0 Å². The molecule has 0 aliphatic rings. The average molecular weight is 327 g/mol. The normalized spacial score (nSPS) is 12.3. The van der Waals surface area contributed by atoms with Gasteiger partial charge in [-0.2, -0.15) is 5.10 Å². The van der Waals surface area contributed by atoms with Crippen LogP contribution in [-0.2, 0) is 18.3 Å². The van der Waals surface area contributed by atoms with Gasteiger partial charge in [-0.3, -0.25) is 4.68 Å². The Bertz CT molecular complexity index is 824. The molecule has 0 amide bonds. The Labute approximate surface area is 140 Å². The van der Waals surface area contributed by atoms with Crippen LogP contribution in [0.2, 0.25) is 0 Å². The maximum absolute atomic E-state index is 5.50. The number of pyridine rings is 1. The molecule has 3 aromatic heterocycles. The quantitative estimate of drug-likeness (QED) is 0.695. The smallest absolute Gasteiger partial charge is 0.224 e. The van der Waals surface area contributed by atoms with Crippen LogP contribution in [0, 0.1) is 0 Å². The van der Waals surface area contributed by atoms with E-state index in [2.05, 4.69) is 15.1 Å². The van der Waals surface area contributed by atoms with Crippen LogP contribution in [-0.4, -0.2) is 44.6 Å². The van der Waals surface area contributed by atoms with Crippen molar-refractivity contribution in [1.29, 1.82) is 0 Å². The topological polar surface area (TPSA) is 67.0 Å². The van der Waals surface area contributed by atoms with Crippen LogP contribution in [0.1, 0.15) is 6.92 Å².